The highest BCUT2D eigenvalue weighted by molar-refractivity contribution is 6.77. The van der Waals surface area contributed by atoms with Crippen molar-refractivity contribution >= 4 is 14.3 Å². The van der Waals surface area contributed by atoms with Crippen molar-refractivity contribution in [2.75, 3.05) is 6.61 Å². The Morgan fingerprint density at radius 2 is 1.43 bits per heavy atom. The topological polar surface area (TPSA) is 81.8 Å². The number of nitrogens with two attached hydrogens (primary N) is 1. The minimum Gasteiger partial charge on any atom is -0.459 e. The van der Waals surface area contributed by atoms with E-state index >= 15 is 0 Å². The van der Waals surface area contributed by atoms with E-state index < -0.39 is 32.0 Å². The molecule has 0 unspecified atom stereocenters. The third kappa shape index (κ3) is 6.18. The minimum atomic E-state index is -2.09. The summed E-state index contributed by atoms with van der Waals surface area (Å²) in [5, 5.41) is 10.3. The smallest absolute Gasteiger partial charge is 0.326 e. The quantitative estimate of drug-likeness (QED) is 0.520. The molecule has 0 aromatic carbocycles. The van der Waals surface area contributed by atoms with Gasteiger partial charge in [-0.2, -0.15) is 0 Å². The molecular weight excluding hydrogens is 310 g/mol. The van der Waals surface area contributed by atoms with E-state index in [1.54, 1.807) is 20.8 Å². The Balaban J connectivity index is 4.95. The zero-order valence-electron chi connectivity index (χ0n) is 16.3. The van der Waals surface area contributed by atoms with Gasteiger partial charge in [-0.05, 0) is 37.4 Å². The number of aliphatic hydroxyl groups excluding tert-OH is 1. The second-order valence-electron chi connectivity index (χ2n) is 8.26. The summed E-state index contributed by atoms with van der Waals surface area (Å²) in [5.74, 6) is -0.598. The highest BCUT2D eigenvalue weighted by Gasteiger charge is 2.45. The van der Waals surface area contributed by atoms with E-state index in [0.29, 0.717) is 16.6 Å². The normalized spacial score (nSPS) is 16.1. The van der Waals surface area contributed by atoms with Crippen LogP contribution in [0.2, 0.25) is 16.6 Å². The fourth-order valence-electron chi connectivity index (χ4n) is 3.36. The molecule has 0 heterocycles. The molecule has 0 aliphatic heterocycles. The van der Waals surface area contributed by atoms with Crippen molar-refractivity contribution in [2.45, 2.75) is 96.7 Å². The largest absolute Gasteiger partial charge is 0.459 e. The van der Waals surface area contributed by atoms with Gasteiger partial charge in [0, 0.05) is 0 Å². The van der Waals surface area contributed by atoms with Gasteiger partial charge in [-0.1, -0.05) is 41.5 Å². The minimum absolute atomic E-state index is 0.0706. The number of rotatable bonds is 8. The molecule has 0 rings (SSSR count). The van der Waals surface area contributed by atoms with Gasteiger partial charge in [0.25, 0.3) is 0 Å². The average molecular weight is 348 g/mol. The van der Waals surface area contributed by atoms with Crippen LogP contribution in [0.25, 0.3) is 0 Å². The maximum absolute atomic E-state index is 12.0. The van der Waals surface area contributed by atoms with E-state index in [0.717, 1.165) is 0 Å². The zero-order chi connectivity index (χ0) is 18.6. The van der Waals surface area contributed by atoms with Crippen LogP contribution in [-0.4, -0.2) is 43.7 Å². The van der Waals surface area contributed by atoms with Gasteiger partial charge in [0.1, 0.15) is 17.7 Å². The Hall–Kier alpha value is -0.433. The van der Waals surface area contributed by atoms with Gasteiger partial charge in [-0.15, -0.1) is 0 Å². The third-order valence-electron chi connectivity index (χ3n) is 4.30. The molecule has 0 aliphatic rings. The molecule has 0 amide bonds. The monoisotopic (exact) mass is 347 g/mol. The lowest BCUT2D eigenvalue weighted by atomic mass is 10.1. The Labute approximate surface area is 143 Å². The van der Waals surface area contributed by atoms with Crippen LogP contribution in [0.4, 0.5) is 0 Å². The number of aliphatic hydroxyl groups is 1. The molecule has 2 atom stereocenters. The van der Waals surface area contributed by atoms with Crippen molar-refractivity contribution < 1.29 is 19.1 Å². The van der Waals surface area contributed by atoms with Crippen LogP contribution in [-0.2, 0) is 14.0 Å². The summed E-state index contributed by atoms with van der Waals surface area (Å²) < 4.78 is 11.5. The molecule has 6 heteroatoms. The Morgan fingerprint density at radius 1 is 1.04 bits per heavy atom. The van der Waals surface area contributed by atoms with Crippen molar-refractivity contribution in [1.29, 1.82) is 0 Å². The summed E-state index contributed by atoms with van der Waals surface area (Å²) in [5.41, 5.74) is 6.44. The number of hydrogen-bond acceptors (Lipinski definition) is 5. The highest BCUT2D eigenvalue weighted by Crippen LogP contribution is 2.42. The fraction of sp³-hybridized carbons (Fsp3) is 0.941. The SMILES string of the molecule is CC(C)[Si](OC[C@@H](O)[C@H](N)C(=O)OC(C)(C)C)(C(C)C)C(C)C. The first-order valence-corrected chi connectivity index (χ1v) is 10.7. The van der Waals surface area contributed by atoms with Crippen LogP contribution in [0.5, 0.6) is 0 Å². The lowest BCUT2D eigenvalue weighted by Gasteiger charge is -2.42. The van der Waals surface area contributed by atoms with Gasteiger partial charge >= 0.3 is 5.97 Å². The highest BCUT2D eigenvalue weighted by atomic mass is 28.4. The fourth-order valence-corrected chi connectivity index (χ4v) is 8.82. The Kier molecular flexibility index (Phi) is 8.44. The molecule has 138 valence electrons. The van der Waals surface area contributed by atoms with Gasteiger partial charge in [0.2, 0.25) is 0 Å². The Morgan fingerprint density at radius 3 is 1.74 bits per heavy atom. The molecule has 0 aliphatic carbocycles. The van der Waals surface area contributed by atoms with Crippen molar-refractivity contribution in [2.24, 2.45) is 5.73 Å². The number of ether oxygens (including phenoxy) is 1. The predicted molar refractivity (Wildman–Crippen MR) is 96.8 cm³/mol. The van der Waals surface area contributed by atoms with Gasteiger partial charge < -0.3 is 20.0 Å². The van der Waals surface area contributed by atoms with Gasteiger partial charge in [-0.25, -0.2) is 0 Å². The van der Waals surface area contributed by atoms with Crippen LogP contribution in [0.1, 0.15) is 62.3 Å². The van der Waals surface area contributed by atoms with Crippen molar-refractivity contribution in [3.8, 4) is 0 Å². The second kappa shape index (κ2) is 8.60. The lowest BCUT2D eigenvalue weighted by molar-refractivity contribution is -0.159. The van der Waals surface area contributed by atoms with E-state index in [2.05, 4.69) is 41.5 Å². The molecule has 0 radical (unpaired) electrons. The molecule has 0 spiro atoms. The number of carbonyl (C=O) groups is 1. The molecule has 5 nitrogen and oxygen atoms in total. The van der Waals surface area contributed by atoms with E-state index in [-0.39, 0.29) is 6.61 Å². The molecule has 23 heavy (non-hydrogen) atoms. The first-order chi connectivity index (χ1) is 10.3. The predicted octanol–water partition coefficient (Wildman–Crippen LogP) is 3.21. The van der Waals surface area contributed by atoms with Crippen molar-refractivity contribution in [3.63, 3.8) is 0 Å². The van der Waals surface area contributed by atoms with Crippen LogP contribution >= 0.6 is 0 Å². The first kappa shape index (κ1) is 22.6. The summed E-state index contributed by atoms with van der Waals surface area (Å²) in [7, 11) is -2.09. The average Bonchev–Trinajstić information content (AvgIpc) is 2.34. The summed E-state index contributed by atoms with van der Waals surface area (Å²) in [4.78, 5) is 12.0. The van der Waals surface area contributed by atoms with Crippen LogP contribution < -0.4 is 5.73 Å². The molecule has 0 saturated heterocycles. The third-order valence-corrected chi connectivity index (χ3v) is 10.4. The molecule has 0 saturated carbocycles. The van der Waals surface area contributed by atoms with E-state index in [9.17, 15) is 9.90 Å². The first-order valence-electron chi connectivity index (χ1n) is 8.56. The van der Waals surface area contributed by atoms with Crippen LogP contribution in [0, 0.1) is 0 Å². The molecule has 0 aromatic rings. The molecular formula is C17H37NO4Si. The van der Waals surface area contributed by atoms with Gasteiger partial charge in [0.15, 0.2) is 8.32 Å². The lowest BCUT2D eigenvalue weighted by Crippen LogP contribution is -2.53. The van der Waals surface area contributed by atoms with E-state index in [4.69, 9.17) is 14.9 Å². The van der Waals surface area contributed by atoms with Gasteiger partial charge in [-0.3, -0.25) is 4.79 Å². The maximum atomic E-state index is 12.0. The number of carbonyl (C=O) groups excluding carboxylic acids is 1. The second-order valence-corrected chi connectivity index (χ2v) is 13.7. The van der Waals surface area contributed by atoms with Gasteiger partial charge in [0.05, 0.1) is 6.61 Å². The zero-order valence-corrected chi connectivity index (χ0v) is 17.3. The molecule has 3 N–H and O–H groups in total. The standard InChI is InChI=1S/C17H37NO4Si/c1-11(2)23(12(3)4,13(5)6)21-10-14(19)15(18)16(20)22-17(7,8)9/h11-15,19H,10,18H2,1-9H3/t14-,15+/m1/s1. The molecule has 0 aromatic heterocycles. The summed E-state index contributed by atoms with van der Waals surface area (Å²) in [6.45, 7) is 18.4. The maximum Gasteiger partial charge on any atom is 0.326 e. The number of esters is 1. The Bertz CT molecular complexity index is 356. The molecule has 0 fully saturated rings. The summed E-state index contributed by atoms with van der Waals surface area (Å²) >= 11 is 0. The van der Waals surface area contributed by atoms with Crippen LogP contribution in [0.3, 0.4) is 0 Å². The van der Waals surface area contributed by atoms with E-state index in [1.807, 2.05) is 0 Å². The summed E-state index contributed by atoms with van der Waals surface area (Å²) in [6.07, 6.45) is -1.06. The van der Waals surface area contributed by atoms with Crippen molar-refractivity contribution in [3.05, 3.63) is 0 Å². The van der Waals surface area contributed by atoms with Crippen molar-refractivity contribution in [1.82, 2.24) is 0 Å². The summed E-state index contributed by atoms with van der Waals surface area (Å²) in [6, 6.07) is -1.09. The number of hydrogen-bond donors (Lipinski definition) is 2. The van der Waals surface area contributed by atoms with Crippen LogP contribution in [0.15, 0.2) is 0 Å². The van der Waals surface area contributed by atoms with E-state index in [1.165, 1.54) is 0 Å². The molecule has 0 bridgehead atoms.